The van der Waals surface area contributed by atoms with E-state index in [0.29, 0.717) is 35.6 Å². The number of hydrogen-bond acceptors (Lipinski definition) is 6. The minimum absolute atomic E-state index is 0. The number of carbonyl (C=O) groups is 2. The van der Waals surface area contributed by atoms with Crippen molar-refractivity contribution in [1.29, 1.82) is 0 Å². The second kappa shape index (κ2) is 14.5. The third-order valence-corrected chi connectivity index (χ3v) is 4.35. The van der Waals surface area contributed by atoms with Crippen LogP contribution in [0.4, 0.5) is 0 Å². The Kier molecular flexibility index (Phi) is 12.1. The molecule has 0 fully saturated rings. The van der Waals surface area contributed by atoms with Crippen molar-refractivity contribution in [3.63, 3.8) is 0 Å². The van der Waals surface area contributed by atoms with E-state index in [1.165, 1.54) is 24.3 Å². The first-order chi connectivity index (χ1) is 15.3. The summed E-state index contributed by atoms with van der Waals surface area (Å²) in [5.74, 6) is -0.815. The van der Waals surface area contributed by atoms with E-state index in [2.05, 4.69) is 10.6 Å². The number of aliphatic hydroxyl groups is 2. The fourth-order valence-electron chi connectivity index (χ4n) is 2.79. The number of benzene rings is 2. The van der Waals surface area contributed by atoms with E-state index in [4.69, 9.17) is 0 Å². The molecule has 4 N–H and O–H groups in total. The largest absolute Gasteiger partial charge is 0.507 e. The van der Waals surface area contributed by atoms with Gasteiger partial charge in [0.1, 0.15) is 11.5 Å². The Balaban J connectivity index is 0.00000544. The van der Waals surface area contributed by atoms with E-state index in [1.54, 1.807) is 62.4 Å². The van der Waals surface area contributed by atoms with Gasteiger partial charge in [0.15, 0.2) is 11.6 Å². The fourth-order valence-corrected chi connectivity index (χ4v) is 2.79. The minimum Gasteiger partial charge on any atom is -0.507 e. The van der Waals surface area contributed by atoms with Crippen molar-refractivity contribution >= 4 is 23.1 Å². The van der Waals surface area contributed by atoms with Crippen LogP contribution in [0.1, 0.15) is 25.0 Å². The quantitative estimate of drug-likeness (QED) is 0.160. The van der Waals surface area contributed by atoms with Crippen molar-refractivity contribution in [3.8, 4) is 0 Å². The molecule has 2 aromatic carbocycles. The summed E-state index contributed by atoms with van der Waals surface area (Å²) in [5.41, 5.74) is 2.46. The van der Waals surface area contributed by atoms with Crippen molar-refractivity contribution < 1.29 is 36.9 Å². The molecule has 177 valence electrons. The average molecular weight is 496 g/mol. The molecule has 33 heavy (non-hydrogen) atoms. The predicted octanol–water partition coefficient (Wildman–Crippen LogP) is 4.31. The van der Waals surface area contributed by atoms with Gasteiger partial charge in [-0.15, -0.1) is 0 Å². The van der Waals surface area contributed by atoms with E-state index in [-0.39, 0.29) is 40.2 Å². The van der Waals surface area contributed by atoms with Gasteiger partial charge in [-0.2, -0.15) is 0 Å². The molecule has 0 aliphatic rings. The van der Waals surface area contributed by atoms with Gasteiger partial charge in [-0.3, -0.25) is 9.59 Å². The van der Waals surface area contributed by atoms with Crippen LogP contribution in [0.25, 0.3) is 11.5 Å². The Bertz CT molecular complexity index is 957. The molecule has 0 aliphatic heterocycles. The van der Waals surface area contributed by atoms with Crippen LogP contribution >= 0.6 is 0 Å². The Morgan fingerprint density at radius 2 is 1.00 bits per heavy atom. The molecule has 0 aliphatic carbocycles. The molecule has 0 heterocycles. The number of allylic oxidation sites excluding steroid dienone is 6. The van der Waals surface area contributed by atoms with Crippen molar-refractivity contribution in [3.05, 3.63) is 107 Å². The molecule has 2 aromatic rings. The van der Waals surface area contributed by atoms with Crippen LogP contribution in [0.5, 0.6) is 0 Å². The van der Waals surface area contributed by atoms with Gasteiger partial charge < -0.3 is 20.8 Å². The van der Waals surface area contributed by atoms with E-state index in [9.17, 15) is 19.8 Å². The minimum atomic E-state index is -0.323. The molecule has 0 aromatic heterocycles. The van der Waals surface area contributed by atoms with Gasteiger partial charge in [-0.25, -0.2) is 0 Å². The molecule has 0 bridgehead atoms. The Labute approximate surface area is 204 Å². The molecule has 7 heteroatoms. The zero-order valence-electron chi connectivity index (χ0n) is 18.5. The zero-order chi connectivity index (χ0) is 23.3. The normalized spacial score (nSPS) is 12.5. The van der Waals surface area contributed by atoms with E-state index in [0.717, 1.165) is 0 Å². The molecule has 1 radical (unpaired) electrons. The number of nitrogens with one attached hydrogen (secondary N) is 2. The maximum absolute atomic E-state index is 12.0. The van der Waals surface area contributed by atoms with Gasteiger partial charge in [0.25, 0.3) is 0 Å². The number of carbonyl (C=O) groups excluding carboxylic acids is 2. The Morgan fingerprint density at radius 1 is 0.667 bits per heavy atom. The monoisotopic (exact) mass is 495 g/mol. The summed E-state index contributed by atoms with van der Waals surface area (Å²) in [6.07, 6.45) is 5.16. The SMILES string of the molecule is CC(=CC(=O)C=C(O)c1ccccc1)NCCNC(C)=CC(=O)C=C(O)c1ccccc1.[Cu]. The smallest absolute Gasteiger partial charge is 0.184 e. The number of aliphatic hydroxyl groups excluding tert-OH is 2. The molecule has 0 spiro atoms. The third kappa shape index (κ3) is 10.5. The van der Waals surface area contributed by atoms with Crippen LogP contribution in [0.2, 0.25) is 0 Å². The van der Waals surface area contributed by atoms with Crippen molar-refractivity contribution in [2.45, 2.75) is 13.8 Å². The van der Waals surface area contributed by atoms with Crippen LogP contribution in [-0.4, -0.2) is 34.9 Å². The van der Waals surface area contributed by atoms with Crippen LogP contribution in [0, 0.1) is 0 Å². The molecule has 0 unspecified atom stereocenters. The fraction of sp³-hybridized carbons (Fsp3) is 0.154. The standard InChI is InChI=1S/C26H28N2O4.Cu/c1-19(15-23(29)17-25(31)21-9-5-3-6-10-21)27-13-14-28-20(2)16-24(30)18-26(32)22-11-7-4-8-12-22;/h3-12,15-18,27-28,31-32H,13-14H2,1-2H3;. The Hall–Kier alpha value is -3.54. The van der Waals surface area contributed by atoms with Gasteiger partial charge in [-0.1, -0.05) is 60.7 Å². The molecular formula is C26H28CuN2O4. The summed E-state index contributed by atoms with van der Waals surface area (Å²) in [7, 11) is 0. The van der Waals surface area contributed by atoms with Crippen LogP contribution in [-0.2, 0) is 26.7 Å². The molecular weight excluding hydrogens is 468 g/mol. The second-order valence-corrected chi connectivity index (χ2v) is 7.10. The van der Waals surface area contributed by atoms with Crippen LogP contribution < -0.4 is 10.6 Å². The summed E-state index contributed by atoms with van der Waals surface area (Å²) in [6, 6.07) is 17.7. The Morgan fingerprint density at radius 3 is 1.33 bits per heavy atom. The summed E-state index contributed by atoms with van der Waals surface area (Å²) in [5, 5.41) is 26.2. The van der Waals surface area contributed by atoms with E-state index in [1.807, 2.05) is 12.1 Å². The van der Waals surface area contributed by atoms with Crippen molar-refractivity contribution in [2.24, 2.45) is 0 Å². The molecule has 0 amide bonds. The summed E-state index contributed by atoms with van der Waals surface area (Å²) >= 11 is 0. The van der Waals surface area contributed by atoms with Crippen molar-refractivity contribution in [2.75, 3.05) is 13.1 Å². The molecule has 6 nitrogen and oxygen atoms in total. The van der Waals surface area contributed by atoms with Gasteiger partial charge >= 0.3 is 0 Å². The van der Waals surface area contributed by atoms with Crippen molar-refractivity contribution in [1.82, 2.24) is 10.6 Å². The van der Waals surface area contributed by atoms with Crippen LogP contribution in [0.15, 0.2) is 96.4 Å². The topological polar surface area (TPSA) is 98.7 Å². The van der Waals surface area contributed by atoms with Gasteiger partial charge in [0.05, 0.1) is 0 Å². The maximum atomic E-state index is 12.0. The molecule has 0 atom stereocenters. The molecule has 2 rings (SSSR count). The van der Waals surface area contributed by atoms with Gasteiger partial charge in [0, 0.05) is 77.0 Å². The first-order valence-electron chi connectivity index (χ1n) is 10.2. The van der Waals surface area contributed by atoms with Crippen LogP contribution in [0.3, 0.4) is 0 Å². The molecule has 0 saturated heterocycles. The zero-order valence-corrected chi connectivity index (χ0v) is 19.5. The number of ketones is 2. The van der Waals surface area contributed by atoms with Gasteiger partial charge in [0.2, 0.25) is 0 Å². The predicted molar refractivity (Wildman–Crippen MR) is 128 cm³/mol. The third-order valence-electron chi connectivity index (χ3n) is 4.35. The summed E-state index contributed by atoms with van der Waals surface area (Å²) in [4.78, 5) is 24.1. The summed E-state index contributed by atoms with van der Waals surface area (Å²) in [6.45, 7) is 4.56. The number of rotatable bonds is 11. The summed E-state index contributed by atoms with van der Waals surface area (Å²) < 4.78 is 0. The van der Waals surface area contributed by atoms with E-state index < -0.39 is 0 Å². The maximum Gasteiger partial charge on any atom is 0.184 e. The molecule has 0 saturated carbocycles. The first kappa shape index (κ1) is 27.5. The van der Waals surface area contributed by atoms with Gasteiger partial charge in [-0.05, 0) is 13.8 Å². The van der Waals surface area contributed by atoms with E-state index >= 15 is 0 Å². The average Bonchev–Trinajstić information content (AvgIpc) is 2.77. The first-order valence-corrected chi connectivity index (χ1v) is 10.2. The second-order valence-electron chi connectivity index (χ2n) is 7.10. The number of hydrogen-bond donors (Lipinski definition) is 4.